The first-order chi connectivity index (χ1) is 6.36. The van der Waals surface area contributed by atoms with Crippen molar-refractivity contribution >= 4 is 35.0 Å². The predicted molar refractivity (Wildman–Crippen MR) is 62.2 cm³/mol. The number of imidazole rings is 1. The van der Waals surface area contributed by atoms with Crippen LogP contribution in [0.3, 0.4) is 0 Å². The fraction of sp³-hybridized carbons (Fsp3) is 0.300. The number of hydrogen-bond acceptors (Lipinski definition) is 1. The lowest BCUT2D eigenvalue weighted by Gasteiger charge is -2.01. The monoisotopic (exact) mass is 230 g/mol. The summed E-state index contributed by atoms with van der Waals surface area (Å²) < 4.78 is 2.14. The van der Waals surface area contributed by atoms with Crippen LogP contribution in [0.4, 0.5) is 0 Å². The standard InChI is InChI=1S/C10H11ClN2.ClH/c1-2-13-9-6-4-3-5-8(9)12-10(13)7-11;/h3-6H,2,7H2,1H3;1H. The van der Waals surface area contributed by atoms with Gasteiger partial charge in [-0.15, -0.1) is 24.0 Å². The number of benzene rings is 1. The van der Waals surface area contributed by atoms with Crippen molar-refractivity contribution in [2.24, 2.45) is 0 Å². The SMILES string of the molecule is CCn1c(CCl)nc2ccccc21.Cl. The van der Waals surface area contributed by atoms with E-state index in [-0.39, 0.29) is 12.4 Å². The Morgan fingerprint density at radius 2 is 2.07 bits per heavy atom. The third-order valence-electron chi connectivity index (χ3n) is 2.17. The molecular formula is C10H12Cl2N2. The van der Waals surface area contributed by atoms with Gasteiger partial charge in [0.1, 0.15) is 5.82 Å². The Labute approximate surface area is 94.3 Å². The van der Waals surface area contributed by atoms with Crippen LogP contribution >= 0.6 is 24.0 Å². The second kappa shape index (κ2) is 4.67. The van der Waals surface area contributed by atoms with E-state index in [0.717, 1.165) is 17.9 Å². The highest BCUT2D eigenvalue weighted by Crippen LogP contribution is 2.16. The lowest BCUT2D eigenvalue weighted by atomic mass is 10.3. The second-order valence-corrected chi connectivity index (χ2v) is 3.16. The summed E-state index contributed by atoms with van der Waals surface area (Å²) in [5.41, 5.74) is 2.20. The van der Waals surface area contributed by atoms with E-state index in [1.54, 1.807) is 0 Å². The van der Waals surface area contributed by atoms with Gasteiger partial charge in [0.2, 0.25) is 0 Å². The molecule has 1 aromatic carbocycles. The molecular weight excluding hydrogens is 219 g/mol. The van der Waals surface area contributed by atoms with Crippen LogP contribution in [0.25, 0.3) is 11.0 Å². The largest absolute Gasteiger partial charge is 0.327 e. The van der Waals surface area contributed by atoms with Crippen LogP contribution in [0, 0.1) is 0 Å². The lowest BCUT2D eigenvalue weighted by molar-refractivity contribution is 0.747. The molecule has 0 atom stereocenters. The van der Waals surface area contributed by atoms with Gasteiger partial charge in [-0.1, -0.05) is 12.1 Å². The quantitative estimate of drug-likeness (QED) is 0.725. The Morgan fingerprint density at radius 1 is 1.36 bits per heavy atom. The molecule has 0 spiro atoms. The Morgan fingerprint density at radius 3 is 2.71 bits per heavy atom. The zero-order valence-electron chi connectivity index (χ0n) is 7.90. The van der Waals surface area contributed by atoms with Crippen LogP contribution < -0.4 is 0 Å². The highest BCUT2D eigenvalue weighted by Gasteiger charge is 2.06. The molecule has 0 N–H and O–H groups in total. The van der Waals surface area contributed by atoms with Crippen molar-refractivity contribution in [1.29, 1.82) is 0 Å². The molecule has 0 bridgehead atoms. The summed E-state index contributed by atoms with van der Waals surface area (Å²) >= 11 is 5.80. The number of hydrogen-bond donors (Lipinski definition) is 0. The molecule has 0 saturated heterocycles. The van der Waals surface area contributed by atoms with Crippen LogP contribution in [0.2, 0.25) is 0 Å². The number of halogens is 2. The summed E-state index contributed by atoms with van der Waals surface area (Å²) in [6.07, 6.45) is 0. The van der Waals surface area contributed by atoms with Crippen LogP contribution in [-0.4, -0.2) is 9.55 Å². The highest BCUT2D eigenvalue weighted by molar-refractivity contribution is 6.16. The number of alkyl halides is 1. The number of fused-ring (bicyclic) bond motifs is 1. The molecule has 4 heteroatoms. The van der Waals surface area contributed by atoms with Crippen molar-refractivity contribution in [2.75, 3.05) is 0 Å². The van der Waals surface area contributed by atoms with E-state index in [1.165, 1.54) is 5.52 Å². The number of aromatic nitrogens is 2. The number of para-hydroxylation sites is 2. The molecule has 0 amide bonds. The fourth-order valence-electron chi connectivity index (χ4n) is 1.58. The molecule has 1 heterocycles. The van der Waals surface area contributed by atoms with Gasteiger partial charge in [0, 0.05) is 6.54 Å². The molecule has 14 heavy (non-hydrogen) atoms. The van der Waals surface area contributed by atoms with Crippen molar-refractivity contribution in [1.82, 2.24) is 9.55 Å². The molecule has 1 aromatic heterocycles. The summed E-state index contributed by atoms with van der Waals surface area (Å²) in [7, 11) is 0. The highest BCUT2D eigenvalue weighted by atomic mass is 35.5. The Bertz CT molecular complexity index is 423. The second-order valence-electron chi connectivity index (χ2n) is 2.89. The summed E-state index contributed by atoms with van der Waals surface area (Å²) in [6, 6.07) is 8.10. The zero-order chi connectivity index (χ0) is 9.26. The molecule has 0 radical (unpaired) electrons. The van der Waals surface area contributed by atoms with Crippen molar-refractivity contribution in [2.45, 2.75) is 19.3 Å². The minimum absolute atomic E-state index is 0. The van der Waals surface area contributed by atoms with Crippen LogP contribution in [0.5, 0.6) is 0 Å². The van der Waals surface area contributed by atoms with E-state index >= 15 is 0 Å². The van der Waals surface area contributed by atoms with Gasteiger partial charge in [-0.3, -0.25) is 0 Å². The molecule has 2 rings (SSSR count). The van der Waals surface area contributed by atoms with Gasteiger partial charge in [-0.2, -0.15) is 0 Å². The average Bonchev–Trinajstić information content (AvgIpc) is 2.55. The minimum atomic E-state index is 0. The molecule has 76 valence electrons. The van der Waals surface area contributed by atoms with E-state index in [0.29, 0.717) is 5.88 Å². The van der Waals surface area contributed by atoms with Crippen molar-refractivity contribution in [3.05, 3.63) is 30.1 Å². The van der Waals surface area contributed by atoms with Crippen LogP contribution in [0.15, 0.2) is 24.3 Å². The van der Waals surface area contributed by atoms with Gasteiger partial charge in [0.25, 0.3) is 0 Å². The summed E-state index contributed by atoms with van der Waals surface area (Å²) in [5, 5.41) is 0. The molecule has 2 aromatic rings. The Balaban J connectivity index is 0.000000980. The fourth-order valence-corrected chi connectivity index (χ4v) is 1.78. The minimum Gasteiger partial charge on any atom is -0.327 e. The van der Waals surface area contributed by atoms with Crippen molar-refractivity contribution < 1.29 is 0 Å². The third kappa shape index (κ3) is 1.72. The molecule has 0 fully saturated rings. The molecule has 0 aliphatic rings. The van der Waals surface area contributed by atoms with E-state index in [9.17, 15) is 0 Å². The third-order valence-corrected chi connectivity index (χ3v) is 2.41. The maximum Gasteiger partial charge on any atom is 0.124 e. The van der Waals surface area contributed by atoms with Crippen LogP contribution in [-0.2, 0) is 12.4 Å². The lowest BCUT2D eigenvalue weighted by Crippen LogP contribution is -1.98. The van der Waals surface area contributed by atoms with E-state index in [2.05, 4.69) is 22.5 Å². The molecule has 0 aliphatic carbocycles. The van der Waals surface area contributed by atoms with Gasteiger partial charge in [0.15, 0.2) is 0 Å². The summed E-state index contributed by atoms with van der Waals surface area (Å²) in [4.78, 5) is 4.43. The van der Waals surface area contributed by atoms with Gasteiger partial charge in [-0.25, -0.2) is 4.98 Å². The first-order valence-corrected chi connectivity index (χ1v) is 4.90. The number of nitrogens with zero attached hydrogens (tertiary/aromatic N) is 2. The topological polar surface area (TPSA) is 17.8 Å². The first-order valence-electron chi connectivity index (χ1n) is 4.37. The van der Waals surface area contributed by atoms with Gasteiger partial charge in [0.05, 0.1) is 16.9 Å². The normalized spacial score (nSPS) is 10.1. The average molecular weight is 231 g/mol. The maximum atomic E-state index is 5.80. The first kappa shape index (κ1) is 11.3. The Hall–Kier alpha value is -0.730. The maximum absolute atomic E-state index is 5.80. The smallest absolute Gasteiger partial charge is 0.124 e. The number of aryl methyl sites for hydroxylation is 1. The van der Waals surface area contributed by atoms with Gasteiger partial charge in [-0.05, 0) is 19.1 Å². The predicted octanol–water partition coefficient (Wildman–Crippen LogP) is 3.22. The molecule has 0 saturated carbocycles. The Kier molecular flexibility index (Phi) is 3.78. The molecule has 2 nitrogen and oxygen atoms in total. The van der Waals surface area contributed by atoms with E-state index < -0.39 is 0 Å². The molecule has 0 aliphatic heterocycles. The van der Waals surface area contributed by atoms with Crippen molar-refractivity contribution in [3.8, 4) is 0 Å². The summed E-state index contributed by atoms with van der Waals surface area (Å²) in [6.45, 7) is 3.02. The van der Waals surface area contributed by atoms with E-state index in [4.69, 9.17) is 11.6 Å². The zero-order valence-corrected chi connectivity index (χ0v) is 9.48. The molecule has 0 unspecified atom stereocenters. The number of rotatable bonds is 2. The van der Waals surface area contributed by atoms with Crippen LogP contribution in [0.1, 0.15) is 12.7 Å². The van der Waals surface area contributed by atoms with Crippen molar-refractivity contribution in [3.63, 3.8) is 0 Å². The van der Waals surface area contributed by atoms with E-state index in [1.807, 2.05) is 18.2 Å². The summed E-state index contributed by atoms with van der Waals surface area (Å²) in [5.74, 6) is 1.42. The van der Waals surface area contributed by atoms with Gasteiger partial charge >= 0.3 is 0 Å². The van der Waals surface area contributed by atoms with Gasteiger partial charge < -0.3 is 4.57 Å².